The molecule has 0 unspecified atom stereocenters. The lowest BCUT2D eigenvalue weighted by molar-refractivity contribution is 0.311. The van der Waals surface area contributed by atoms with Crippen LogP contribution in [0.15, 0.2) is 0 Å². The minimum Gasteiger partial charge on any atom is -0.357 e. The number of hydrogen-bond acceptors (Lipinski definition) is 5. The van der Waals surface area contributed by atoms with Crippen LogP contribution in [0.2, 0.25) is 0 Å². The Morgan fingerprint density at radius 3 is 2.53 bits per heavy atom. The zero-order valence-corrected chi connectivity index (χ0v) is 12.7. The maximum atomic E-state index is 11.6. The zero-order valence-electron chi connectivity index (χ0n) is 10.3. The van der Waals surface area contributed by atoms with Gasteiger partial charge in [-0.3, -0.25) is 0 Å². The standard InChI is InChI=1S/C10H16N2O4S3/c13-18(14)2-1-7(4-18)3-12-9-6-19(15,16)5-8(9)11-10(12)17/h7-9H,1-6H2,(H,11,17)/t7-,8+,9+/m1/s1. The number of nitrogens with one attached hydrogen (secondary N) is 1. The third kappa shape index (κ3) is 2.59. The number of rotatable bonds is 2. The molecule has 0 aromatic heterocycles. The van der Waals surface area contributed by atoms with Gasteiger partial charge in [-0.1, -0.05) is 0 Å². The normalized spacial score (nSPS) is 39.3. The zero-order chi connectivity index (χ0) is 13.8. The minimum absolute atomic E-state index is 0.0619. The van der Waals surface area contributed by atoms with Crippen molar-refractivity contribution in [3.05, 3.63) is 0 Å². The van der Waals surface area contributed by atoms with Gasteiger partial charge in [-0.05, 0) is 24.6 Å². The number of hydrogen-bond donors (Lipinski definition) is 1. The highest BCUT2D eigenvalue weighted by atomic mass is 32.2. The molecular formula is C10H16N2O4S3. The summed E-state index contributed by atoms with van der Waals surface area (Å²) in [5.41, 5.74) is 0. The van der Waals surface area contributed by atoms with E-state index in [1.54, 1.807) is 0 Å². The molecule has 0 aliphatic carbocycles. The maximum absolute atomic E-state index is 11.6. The van der Waals surface area contributed by atoms with Gasteiger partial charge in [0.15, 0.2) is 24.8 Å². The Kier molecular flexibility index (Phi) is 3.06. The molecule has 0 saturated carbocycles. The van der Waals surface area contributed by atoms with Crippen LogP contribution in [-0.2, 0) is 19.7 Å². The molecule has 0 radical (unpaired) electrons. The fourth-order valence-corrected chi connectivity index (χ4v) is 7.31. The molecule has 3 aliphatic rings. The largest absolute Gasteiger partial charge is 0.357 e. The fourth-order valence-electron chi connectivity index (χ4n) is 3.18. The quantitative estimate of drug-likeness (QED) is 0.637. The topological polar surface area (TPSA) is 83.6 Å². The van der Waals surface area contributed by atoms with Crippen LogP contribution in [0.1, 0.15) is 6.42 Å². The van der Waals surface area contributed by atoms with E-state index in [-0.39, 0.29) is 41.0 Å². The third-order valence-electron chi connectivity index (χ3n) is 4.07. The molecule has 6 nitrogen and oxygen atoms in total. The van der Waals surface area contributed by atoms with Crippen molar-refractivity contribution in [1.29, 1.82) is 0 Å². The van der Waals surface area contributed by atoms with Crippen LogP contribution < -0.4 is 5.32 Å². The molecule has 0 aromatic rings. The summed E-state index contributed by atoms with van der Waals surface area (Å²) >= 11 is 5.23. The Bertz CT molecular complexity index is 613. The van der Waals surface area contributed by atoms with E-state index in [0.29, 0.717) is 18.1 Å². The van der Waals surface area contributed by atoms with E-state index in [1.165, 1.54) is 0 Å². The van der Waals surface area contributed by atoms with E-state index in [2.05, 4.69) is 5.32 Å². The molecule has 3 rings (SSSR count). The highest BCUT2D eigenvalue weighted by Gasteiger charge is 2.47. The van der Waals surface area contributed by atoms with Gasteiger partial charge in [0.2, 0.25) is 0 Å². The van der Waals surface area contributed by atoms with Crippen LogP contribution in [0.3, 0.4) is 0 Å². The predicted molar refractivity (Wildman–Crippen MR) is 75.4 cm³/mol. The van der Waals surface area contributed by atoms with E-state index in [1.807, 2.05) is 4.90 Å². The molecule has 1 N–H and O–H groups in total. The van der Waals surface area contributed by atoms with Gasteiger partial charge < -0.3 is 10.2 Å². The van der Waals surface area contributed by atoms with Crippen LogP contribution in [0.25, 0.3) is 0 Å². The second kappa shape index (κ2) is 4.29. The average molecular weight is 324 g/mol. The molecule has 9 heteroatoms. The van der Waals surface area contributed by atoms with Crippen molar-refractivity contribution < 1.29 is 16.8 Å². The molecule has 3 atom stereocenters. The molecule has 3 aliphatic heterocycles. The van der Waals surface area contributed by atoms with Gasteiger partial charge in [-0.2, -0.15) is 0 Å². The lowest BCUT2D eigenvalue weighted by Crippen LogP contribution is -2.40. The number of thiocarbonyl (C=S) groups is 1. The maximum Gasteiger partial charge on any atom is 0.169 e. The van der Waals surface area contributed by atoms with Gasteiger partial charge in [0, 0.05) is 6.54 Å². The molecule has 3 heterocycles. The van der Waals surface area contributed by atoms with Crippen LogP contribution in [-0.4, -0.2) is 68.5 Å². The highest BCUT2D eigenvalue weighted by Crippen LogP contribution is 2.27. The first-order valence-corrected chi connectivity index (χ1v) is 10.3. The Balaban J connectivity index is 1.73. The fraction of sp³-hybridized carbons (Fsp3) is 0.900. The van der Waals surface area contributed by atoms with Crippen molar-refractivity contribution in [2.24, 2.45) is 5.92 Å². The minimum atomic E-state index is -3.00. The average Bonchev–Trinajstić information content (AvgIpc) is 2.82. The summed E-state index contributed by atoms with van der Waals surface area (Å²) in [6.07, 6.45) is 0.644. The molecule has 3 saturated heterocycles. The summed E-state index contributed by atoms with van der Waals surface area (Å²) in [6, 6.07) is -0.253. The number of sulfone groups is 2. The summed E-state index contributed by atoms with van der Waals surface area (Å²) in [4.78, 5) is 1.88. The molecule has 19 heavy (non-hydrogen) atoms. The third-order valence-corrected chi connectivity index (χ3v) is 7.98. The number of fused-ring (bicyclic) bond motifs is 1. The number of nitrogens with zero attached hydrogens (tertiary/aromatic N) is 1. The first kappa shape index (κ1) is 13.6. The van der Waals surface area contributed by atoms with Crippen molar-refractivity contribution >= 4 is 37.0 Å². The van der Waals surface area contributed by atoms with E-state index >= 15 is 0 Å². The lowest BCUT2D eigenvalue weighted by atomic mass is 10.1. The van der Waals surface area contributed by atoms with E-state index in [9.17, 15) is 16.8 Å². The first-order chi connectivity index (χ1) is 8.76. The molecule has 0 bridgehead atoms. The highest BCUT2D eigenvalue weighted by molar-refractivity contribution is 7.92. The summed E-state index contributed by atoms with van der Waals surface area (Å²) in [6.45, 7) is 0.543. The van der Waals surface area contributed by atoms with Gasteiger partial charge >= 0.3 is 0 Å². The van der Waals surface area contributed by atoms with Crippen LogP contribution >= 0.6 is 12.2 Å². The Labute approximate surface area is 118 Å². The van der Waals surface area contributed by atoms with Crippen LogP contribution in [0.5, 0.6) is 0 Å². The van der Waals surface area contributed by atoms with Crippen molar-refractivity contribution in [1.82, 2.24) is 10.2 Å². The summed E-state index contributed by atoms with van der Waals surface area (Å²) in [7, 11) is -5.91. The molecule has 0 spiro atoms. The second-order valence-corrected chi connectivity index (χ2v) is 10.4. The Morgan fingerprint density at radius 1 is 1.16 bits per heavy atom. The lowest BCUT2D eigenvalue weighted by Gasteiger charge is -2.25. The SMILES string of the molecule is O=S1(=O)CC[C@H](CN2C(=S)N[C@H]3CS(=O)(=O)C[C@@H]32)C1. The van der Waals surface area contributed by atoms with Crippen molar-refractivity contribution in [3.63, 3.8) is 0 Å². The molecule has 108 valence electrons. The molecular weight excluding hydrogens is 308 g/mol. The summed E-state index contributed by atoms with van der Waals surface area (Å²) in [5, 5.41) is 3.61. The smallest absolute Gasteiger partial charge is 0.169 e. The summed E-state index contributed by atoms with van der Waals surface area (Å²) in [5.74, 6) is 0.724. The van der Waals surface area contributed by atoms with Crippen LogP contribution in [0.4, 0.5) is 0 Å². The Morgan fingerprint density at radius 2 is 1.89 bits per heavy atom. The van der Waals surface area contributed by atoms with E-state index in [4.69, 9.17) is 12.2 Å². The van der Waals surface area contributed by atoms with Gasteiger partial charge in [-0.25, -0.2) is 16.8 Å². The first-order valence-electron chi connectivity index (χ1n) is 6.24. The van der Waals surface area contributed by atoms with Crippen molar-refractivity contribution in [2.45, 2.75) is 18.5 Å². The molecule has 0 amide bonds. The summed E-state index contributed by atoms with van der Waals surface area (Å²) < 4.78 is 46.2. The van der Waals surface area contributed by atoms with Crippen molar-refractivity contribution in [2.75, 3.05) is 29.6 Å². The van der Waals surface area contributed by atoms with Gasteiger partial charge in [0.05, 0.1) is 35.1 Å². The predicted octanol–water partition coefficient (Wildman–Crippen LogP) is -1.22. The monoisotopic (exact) mass is 324 g/mol. The van der Waals surface area contributed by atoms with E-state index < -0.39 is 19.7 Å². The van der Waals surface area contributed by atoms with E-state index in [0.717, 1.165) is 0 Å². The molecule has 3 fully saturated rings. The molecule has 0 aromatic carbocycles. The second-order valence-electron chi connectivity index (χ2n) is 5.62. The Hall–Kier alpha value is -0.410. The van der Waals surface area contributed by atoms with Crippen LogP contribution in [0, 0.1) is 5.92 Å². The van der Waals surface area contributed by atoms with Gasteiger partial charge in [0.25, 0.3) is 0 Å². The van der Waals surface area contributed by atoms with Crippen molar-refractivity contribution in [3.8, 4) is 0 Å². The van der Waals surface area contributed by atoms with Gasteiger partial charge in [-0.15, -0.1) is 0 Å². The van der Waals surface area contributed by atoms with Gasteiger partial charge in [0.1, 0.15) is 0 Å².